The maximum Gasteiger partial charge on any atom is 0.417 e. The molecule has 0 amide bonds. The minimum Gasteiger partial charge on any atom is -0.379 e. The summed E-state index contributed by atoms with van der Waals surface area (Å²) in [4.78, 5) is 20.6. The average molecular weight is 471 g/mol. The Morgan fingerprint density at radius 1 is 1.28 bits per heavy atom. The SMILES string of the molecule is NC1=N[C@@]2(c3cc(CC(=O)c4ccc(C(F)(F)F)cn4)ccc3F)CO[C@H](CF)[C@H]2CS1. The number of hydrogen-bond acceptors (Lipinski definition) is 6. The standard InChI is InChI=1S/C21H18F5N3O2S/c22-7-18-14-9-32-19(27)29-20(14,10-31-18)13-5-11(1-3-15(13)23)6-17(30)16-4-2-12(8-28-16)21(24,25)26/h1-5,8,14,18H,6-7,9-10H2,(H2,27,29)/t14-,18-,20-/m1/s1. The molecule has 0 aliphatic carbocycles. The zero-order valence-electron chi connectivity index (χ0n) is 16.5. The van der Waals surface area contributed by atoms with E-state index < -0.39 is 47.6 Å². The molecule has 2 aliphatic heterocycles. The van der Waals surface area contributed by atoms with Crippen LogP contribution < -0.4 is 5.73 Å². The van der Waals surface area contributed by atoms with E-state index in [-0.39, 0.29) is 29.5 Å². The Hall–Kier alpha value is -2.53. The number of rotatable bonds is 5. The van der Waals surface area contributed by atoms with Crippen LogP contribution in [0.1, 0.15) is 27.2 Å². The van der Waals surface area contributed by atoms with E-state index >= 15 is 0 Å². The van der Waals surface area contributed by atoms with Gasteiger partial charge in [-0.3, -0.25) is 9.78 Å². The van der Waals surface area contributed by atoms with Gasteiger partial charge in [0.25, 0.3) is 0 Å². The molecule has 11 heteroatoms. The molecule has 1 aromatic carbocycles. The van der Waals surface area contributed by atoms with E-state index in [1.54, 1.807) is 0 Å². The lowest BCUT2D eigenvalue weighted by Crippen LogP contribution is -2.42. The predicted octanol–water partition coefficient (Wildman–Crippen LogP) is 3.91. The molecule has 1 fully saturated rings. The number of pyridine rings is 1. The second-order valence-corrected chi connectivity index (χ2v) is 8.68. The summed E-state index contributed by atoms with van der Waals surface area (Å²) < 4.78 is 72.0. The second-order valence-electron chi connectivity index (χ2n) is 7.64. The number of Topliss-reactive ketones (excluding diaryl/α,β-unsaturated/α-hetero) is 1. The number of alkyl halides is 4. The van der Waals surface area contributed by atoms with Gasteiger partial charge in [0.15, 0.2) is 11.0 Å². The molecule has 0 bridgehead atoms. The monoisotopic (exact) mass is 471 g/mol. The van der Waals surface area contributed by atoms with E-state index in [2.05, 4.69) is 9.98 Å². The molecule has 2 aromatic rings. The van der Waals surface area contributed by atoms with Crippen molar-refractivity contribution in [2.75, 3.05) is 19.0 Å². The van der Waals surface area contributed by atoms with Gasteiger partial charge in [-0.1, -0.05) is 17.8 Å². The number of carbonyl (C=O) groups excluding carboxylic acids is 1. The number of ether oxygens (including phenoxy) is 1. The minimum absolute atomic E-state index is 0.0533. The first kappa shape index (κ1) is 22.7. The lowest BCUT2D eigenvalue weighted by atomic mass is 9.78. The molecule has 1 aromatic heterocycles. The first-order chi connectivity index (χ1) is 15.1. The van der Waals surface area contributed by atoms with E-state index in [9.17, 15) is 26.7 Å². The van der Waals surface area contributed by atoms with E-state index in [0.717, 1.165) is 12.1 Å². The number of aliphatic imine (C=N–C) groups is 1. The fourth-order valence-electron chi connectivity index (χ4n) is 4.04. The Balaban J connectivity index is 1.63. The Labute approximate surface area is 184 Å². The van der Waals surface area contributed by atoms with E-state index in [1.807, 2.05) is 0 Å². The highest BCUT2D eigenvalue weighted by molar-refractivity contribution is 8.13. The summed E-state index contributed by atoms with van der Waals surface area (Å²) in [5, 5.41) is 0.235. The smallest absolute Gasteiger partial charge is 0.379 e. The van der Waals surface area contributed by atoms with Crippen LogP contribution in [0.5, 0.6) is 0 Å². The predicted molar refractivity (Wildman–Crippen MR) is 109 cm³/mol. The summed E-state index contributed by atoms with van der Waals surface area (Å²) in [7, 11) is 0. The summed E-state index contributed by atoms with van der Waals surface area (Å²) in [6.07, 6.45) is -4.93. The van der Waals surface area contributed by atoms with Crippen LogP contribution >= 0.6 is 11.8 Å². The van der Waals surface area contributed by atoms with Crippen molar-refractivity contribution in [2.24, 2.45) is 16.6 Å². The van der Waals surface area contributed by atoms with Gasteiger partial charge >= 0.3 is 6.18 Å². The van der Waals surface area contributed by atoms with Gasteiger partial charge in [0.2, 0.25) is 0 Å². The van der Waals surface area contributed by atoms with Gasteiger partial charge in [0.05, 0.1) is 18.3 Å². The van der Waals surface area contributed by atoms with Gasteiger partial charge in [-0.25, -0.2) is 13.8 Å². The van der Waals surface area contributed by atoms with E-state index in [0.29, 0.717) is 17.5 Å². The number of amidine groups is 1. The van der Waals surface area contributed by atoms with Crippen molar-refractivity contribution in [1.29, 1.82) is 0 Å². The molecule has 0 spiro atoms. The average Bonchev–Trinajstić information content (AvgIpc) is 3.13. The second kappa shape index (κ2) is 8.43. The number of fused-ring (bicyclic) bond motifs is 1. The zero-order chi connectivity index (χ0) is 23.1. The third-order valence-corrected chi connectivity index (χ3v) is 6.60. The summed E-state index contributed by atoms with van der Waals surface area (Å²) in [6.45, 7) is -0.802. The van der Waals surface area contributed by atoms with Crippen LogP contribution in [0.25, 0.3) is 0 Å². The zero-order valence-corrected chi connectivity index (χ0v) is 17.4. The molecule has 3 atom stereocenters. The summed E-state index contributed by atoms with van der Waals surface area (Å²) in [5.41, 5.74) is 4.14. The van der Waals surface area contributed by atoms with Crippen molar-refractivity contribution < 1.29 is 31.5 Å². The van der Waals surface area contributed by atoms with Crippen LogP contribution in [-0.2, 0) is 22.9 Å². The first-order valence-electron chi connectivity index (χ1n) is 9.65. The molecule has 0 unspecified atom stereocenters. The number of carbonyl (C=O) groups is 1. The van der Waals surface area contributed by atoms with Gasteiger partial charge in [0.1, 0.15) is 23.7 Å². The minimum atomic E-state index is -4.56. The van der Waals surface area contributed by atoms with Crippen LogP contribution in [0.15, 0.2) is 41.5 Å². The van der Waals surface area contributed by atoms with Crippen molar-refractivity contribution in [3.05, 3.63) is 64.7 Å². The van der Waals surface area contributed by atoms with Gasteiger partial charge < -0.3 is 10.5 Å². The van der Waals surface area contributed by atoms with Crippen LogP contribution in [-0.4, -0.2) is 41.1 Å². The molecule has 4 rings (SSSR count). The molecule has 0 radical (unpaired) electrons. The highest BCUT2D eigenvalue weighted by atomic mass is 32.2. The maximum atomic E-state index is 14.9. The molecule has 2 N–H and O–H groups in total. The Morgan fingerprint density at radius 3 is 2.72 bits per heavy atom. The van der Waals surface area contributed by atoms with E-state index in [4.69, 9.17) is 10.5 Å². The number of halogens is 5. The van der Waals surface area contributed by atoms with Crippen molar-refractivity contribution >= 4 is 22.7 Å². The number of ketones is 1. The van der Waals surface area contributed by atoms with Gasteiger partial charge in [0, 0.05) is 29.9 Å². The van der Waals surface area contributed by atoms with Crippen molar-refractivity contribution in [2.45, 2.75) is 24.2 Å². The molecule has 0 saturated carbocycles. The number of hydrogen-bond donors (Lipinski definition) is 1. The molecular formula is C21H18F5N3O2S. The molecule has 1 saturated heterocycles. The van der Waals surface area contributed by atoms with Crippen molar-refractivity contribution in [1.82, 2.24) is 4.98 Å². The van der Waals surface area contributed by atoms with Crippen LogP contribution in [0.3, 0.4) is 0 Å². The topological polar surface area (TPSA) is 77.6 Å². The van der Waals surface area contributed by atoms with Gasteiger partial charge in [-0.05, 0) is 29.8 Å². The van der Waals surface area contributed by atoms with Crippen LogP contribution in [0.2, 0.25) is 0 Å². The highest BCUT2D eigenvalue weighted by Gasteiger charge is 2.54. The molecule has 2 aliphatic rings. The summed E-state index contributed by atoms with van der Waals surface area (Å²) in [6, 6.07) is 5.83. The number of benzene rings is 1. The number of thioether (sulfide) groups is 1. The normalized spacial score (nSPS) is 25.3. The largest absolute Gasteiger partial charge is 0.417 e. The lowest BCUT2D eigenvalue weighted by Gasteiger charge is -2.35. The fraction of sp³-hybridized carbons (Fsp3) is 0.381. The summed E-state index contributed by atoms with van der Waals surface area (Å²) in [5.74, 6) is -1.16. The molecule has 170 valence electrons. The van der Waals surface area contributed by atoms with Gasteiger partial charge in [-0.2, -0.15) is 13.2 Å². The summed E-state index contributed by atoms with van der Waals surface area (Å²) >= 11 is 1.24. The Bertz CT molecular complexity index is 1060. The quantitative estimate of drug-likeness (QED) is 0.529. The van der Waals surface area contributed by atoms with E-state index in [1.165, 1.54) is 30.0 Å². The maximum absolute atomic E-state index is 14.9. The fourth-order valence-corrected chi connectivity index (χ4v) is 5.10. The van der Waals surface area contributed by atoms with Crippen LogP contribution in [0.4, 0.5) is 22.0 Å². The molecular weight excluding hydrogens is 453 g/mol. The molecule has 5 nitrogen and oxygen atoms in total. The first-order valence-corrected chi connectivity index (χ1v) is 10.6. The number of aromatic nitrogens is 1. The van der Waals surface area contributed by atoms with Crippen LogP contribution in [0, 0.1) is 11.7 Å². The van der Waals surface area contributed by atoms with Crippen molar-refractivity contribution in [3.8, 4) is 0 Å². The molecule has 3 heterocycles. The Morgan fingerprint density at radius 2 is 2.06 bits per heavy atom. The third-order valence-electron chi connectivity index (χ3n) is 5.69. The Kier molecular flexibility index (Phi) is 5.97. The number of nitrogens with zero attached hydrogens (tertiary/aromatic N) is 2. The van der Waals surface area contributed by atoms with Crippen molar-refractivity contribution in [3.63, 3.8) is 0 Å². The highest BCUT2D eigenvalue weighted by Crippen LogP contribution is 2.48. The van der Waals surface area contributed by atoms with Gasteiger partial charge in [-0.15, -0.1) is 0 Å². The number of nitrogens with two attached hydrogens (primary N) is 1. The third kappa shape index (κ3) is 4.11. The molecule has 32 heavy (non-hydrogen) atoms. The lowest BCUT2D eigenvalue weighted by molar-refractivity contribution is -0.137.